The van der Waals surface area contributed by atoms with Gasteiger partial charge >= 0.3 is 11.7 Å². The molecule has 9 heteroatoms. The molecule has 0 unspecified atom stereocenters. The molecule has 0 aliphatic heterocycles. The van der Waals surface area contributed by atoms with E-state index < -0.39 is 23.3 Å². The lowest BCUT2D eigenvalue weighted by molar-refractivity contribution is -0.385. The van der Waals surface area contributed by atoms with Crippen molar-refractivity contribution >= 4 is 17.4 Å². The van der Waals surface area contributed by atoms with Crippen LogP contribution < -0.4 is 14.2 Å². The maximum absolute atomic E-state index is 12.4. The highest BCUT2D eigenvalue weighted by atomic mass is 16.6. The Morgan fingerprint density at radius 1 is 1.04 bits per heavy atom. The van der Waals surface area contributed by atoms with E-state index in [1.54, 1.807) is 19.1 Å². The van der Waals surface area contributed by atoms with E-state index in [1.165, 1.54) is 32.4 Å². The van der Waals surface area contributed by atoms with Gasteiger partial charge in [-0.15, -0.1) is 0 Å². The molecule has 0 aliphatic carbocycles. The Balaban J connectivity index is 2.15. The van der Waals surface area contributed by atoms with Gasteiger partial charge in [0.05, 0.1) is 36.9 Å². The smallest absolute Gasteiger partial charge is 0.338 e. The number of hydrogen-bond donors (Lipinski definition) is 0. The highest BCUT2D eigenvalue weighted by Gasteiger charge is 2.21. The number of nitro groups is 1. The minimum atomic E-state index is -0.874. The molecule has 0 N–H and O–H groups in total. The summed E-state index contributed by atoms with van der Waals surface area (Å²) in [4.78, 5) is 35.1. The molecule has 0 saturated heterocycles. The molecule has 0 aliphatic rings. The second kappa shape index (κ2) is 9.36. The van der Waals surface area contributed by atoms with Crippen molar-refractivity contribution in [2.24, 2.45) is 0 Å². The third-order valence-corrected chi connectivity index (χ3v) is 3.73. The Morgan fingerprint density at radius 3 is 2.36 bits per heavy atom. The average Bonchev–Trinajstić information content (AvgIpc) is 2.71. The van der Waals surface area contributed by atoms with E-state index in [4.69, 9.17) is 18.9 Å². The number of ketones is 1. The van der Waals surface area contributed by atoms with E-state index in [9.17, 15) is 19.7 Å². The first-order valence-corrected chi connectivity index (χ1v) is 8.24. The average molecular weight is 389 g/mol. The largest absolute Gasteiger partial charge is 0.497 e. The fraction of sp³-hybridized carbons (Fsp3) is 0.263. The molecule has 0 atom stereocenters. The van der Waals surface area contributed by atoms with Crippen LogP contribution in [0.25, 0.3) is 0 Å². The first-order chi connectivity index (χ1) is 13.4. The molecule has 28 heavy (non-hydrogen) atoms. The van der Waals surface area contributed by atoms with Crippen LogP contribution in [0.5, 0.6) is 17.2 Å². The normalized spacial score (nSPS) is 10.1. The molecule has 0 amide bonds. The van der Waals surface area contributed by atoms with Gasteiger partial charge in [-0.25, -0.2) is 4.79 Å². The third-order valence-electron chi connectivity index (χ3n) is 3.73. The van der Waals surface area contributed by atoms with E-state index in [0.717, 1.165) is 6.07 Å². The molecule has 0 fully saturated rings. The Bertz CT molecular complexity index is 893. The van der Waals surface area contributed by atoms with Crippen molar-refractivity contribution < 1.29 is 33.5 Å². The molecular weight excluding hydrogens is 370 g/mol. The maximum atomic E-state index is 12.4. The van der Waals surface area contributed by atoms with Crippen molar-refractivity contribution in [3.63, 3.8) is 0 Å². The number of nitrogens with zero attached hydrogens (tertiary/aromatic N) is 1. The number of rotatable bonds is 9. The van der Waals surface area contributed by atoms with Crippen LogP contribution in [0.4, 0.5) is 5.69 Å². The topological polar surface area (TPSA) is 114 Å². The van der Waals surface area contributed by atoms with Crippen molar-refractivity contribution in [1.82, 2.24) is 0 Å². The maximum Gasteiger partial charge on any atom is 0.338 e. The van der Waals surface area contributed by atoms with Gasteiger partial charge in [-0.05, 0) is 37.3 Å². The van der Waals surface area contributed by atoms with Crippen LogP contribution in [0.15, 0.2) is 36.4 Å². The molecule has 2 aromatic carbocycles. The molecule has 148 valence electrons. The fourth-order valence-electron chi connectivity index (χ4n) is 2.39. The molecule has 2 aromatic rings. The lowest BCUT2D eigenvalue weighted by Crippen LogP contribution is -2.15. The second-order valence-electron chi connectivity index (χ2n) is 5.44. The van der Waals surface area contributed by atoms with Crippen molar-refractivity contribution in [3.8, 4) is 17.2 Å². The summed E-state index contributed by atoms with van der Waals surface area (Å²) in [6.45, 7) is 1.36. The molecule has 2 rings (SSSR count). The van der Waals surface area contributed by atoms with Gasteiger partial charge < -0.3 is 18.9 Å². The zero-order chi connectivity index (χ0) is 20.7. The van der Waals surface area contributed by atoms with Crippen LogP contribution in [0.1, 0.15) is 27.6 Å². The van der Waals surface area contributed by atoms with Gasteiger partial charge in [0.15, 0.2) is 12.4 Å². The molecule has 0 saturated carbocycles. The predicted octanol–water partition coefficient (Wildman–Crippen LogP) is 3.05. The lowest BCUT2D eigenvalue weighted by atomic mass is 10.1. The van der Waals surface area contributed by atoms with Gasteiger partial charge in [0, 0.05) is 6.07 Å². The lowest BCUT2D eigenvalue weighted by Gasteiger charge is -2.10. The van der Waals surface area contributed by atoms with Crippen LogP contribution in [0.2, 0.25) is 0 Å². The first kappa shape index (κ1) is 20.7. The number of Topliss-reactive ketones (excluding diaryl/α,β-unsaturated/α-hetero) is 1. The van der Waals surface area contributed by atoms with E-state index in [0.29, 0.717) is 11.5 Å². The molecule has 0 heterocycles. The van der Waals surface area contributed by atoms with E-state index >= 15 is 0 Å². The Labute approximate surface area is 160 Å². The predicted molar refractivity (Wildman–Crippen MR) is 98.4 cm³/mol. The Hall–Kier alpha value is -3.62. The number of carbonyl (C=O) groups excluding carboxylic acids is 2. The fourth-order valence-corrected chi connectivity index (χ4v) is 2.39. The number of esters is 1. The monoisotopic (exact) mass is 389 g/mol. The van der Waals surface area contributed by atoms with Crippen LogP contribution in [-0.4, -0.2) is 44.1 Å². The zero-order valence-electron chi connectivity index (χ0n) is 15.6. The Kier molecular flexibility index (Phi) is 6.91. The van der Waals surface area contributed by atoms with Gasteiger partial charge in [-0.1, -0.05) is 0 Å². The number of methoxy groups -OCH3 is 2. The molecule has 0 bridgehead atoms. The summed E-state index contributed by atoms with van der Waals surface area (Å²) in [5.41, 5.74) is -0.245. The van der Waals surface area contributed by atoms with Crippen molar-refractivity contribution in [2.45, 2.75) is 6.92 Å². The van der Waals surface area contributed by atoms with Crippen LogP contribution >= 0.6 is 0 Å². The summed E-state index contributed by atoms with van der Waals surface area (Å²) in [5, 5.41) is 11.1. The van der Waals surface area contributed by atoms with Crippen LogP contribution in [0.3, 0.4) is 0 Å². The van der Waals surface area contributed by atoms with Gasteiger partial charge in [0.2, 0.25) is 5.78 Å². The first-order valence-electron chi connectivity index (χ1n) is 8.24. The molecule has 0 spiro atoms. The van der Waals surface area contributed by atoms with Crippen molar-refractivity contribution in [2.75, 3.05) is 27.4 Å². The summed E-state index contributed by atoms with van der Waals surface area (Å²) >= 11 is 0. The van der Waals surface area contributed by atoms with Crippen molar-refractivity contribution in [3.05, 3.63) is 57.6 Å². The quantitative estimate of drug-likeness (QED) is 0.278. The standard InChI is InChI=1S/C19H19NO8/c1-4-27-18-7-5-12(9-15(18)20(23)24)19(22)28-11-16(21)14-10-13(25-2)6-8-17(14)26-3/h5-10H,4,11H2,1-3H3. The highest BCUT2D eigenvalue weighted by molar-refractivity contribution is 6.01. The minimum absolute atomic E-state index is 0.0428. The van der Waals surface area contributed by atoms with E-state index in [2.05, 4.69) is 0 Å². The SMILES string of the molecule is CCOc1ccc(C(=O)OCC(=O)c2cc(OC)ccc2OC)cc1[N+](=O)[O-]. The summed E-state index contributed by atoms with van der Waals surface area (Å²) in [7, 11) is 2.86. The number of nitro benzene ring substituents is 1. The van der Waals surface area contributed by atoms with Gasteiger partial charge in [0.25, 0.3) is 0 Å². The molecule has 9 nitrogen and oxygen atoms in total. The van der Waals surface area contributed by atoms with Crippen molar-refractivity contribution in [1.29, 1.82) is 0 Å². The van der Waals surface area contributed by atoms with Gasteiger partial charge in [-0.2, -0.15) is 0 Å². The summed E-state index contributed by atoms with van der Waals surface area (Å²) in [6.07, 6.45) is 0. The summed E-state index contributed by atoms with van der Waals surface area (Å²) in [6, 6.07) is 8.34. The third kappa shape index (κ3) is 4.76. The summed E-state index contributed by atoms with van der Waals surface area (Å²) in [5.74, 6) is -0.594. The van der Waals surface area contributed by atoms with E-state index in [1.807, 2.05) is 0 Å². The van der Waals surface area contributed by atoms with Crippen LogP contribution in [-0.2, 0) is 4.74 Å². The number of hydrogen-bond acceptors (Lipinski definition) is 8. The molecule has 0 radical (unpaired) electrons. The number of carbonyl (C=O) groups is 2. The molecule has 0 aromatic heterocycles. The van der Waals surface area contributed by atoms with Gasteiger partial charge in [0.1, 0.15) is 11.5 Å². The molecular formula is C19H19NO8. The summed E-state index contributed by atoms with van der Waals surface area (Å²) < 4.78 is 20.4. The van der Waals surface area contributed by atoms with Gasteiger partial charge in [-0.3, -0.25) is 14.9 Å². The minimum Gasteiger partial charge on any atom is -0.497 e. The second-order valence-corrected chi connectivity index (χ2v) is 5.44. The highest BCUT2D eigenvalue weighted by Crippen LogP contribution is 2.28. The number of ether oxygens (including phenoxy) is 4. The zero-order valence-corrected chi connectivity index (χ0v) is 15.6. The van der Waals surface area contributed by atoms with Crippen LogP contribution in [0, 0.1) is 10.1 Å². The Morgan fingerprint density at radius 2 is 1.75 bits per heavy atom. The number of benzene rings is 2. The van der Waals surface area contributed by atoms with E-state index in [-0.39, 0.29) is 29.2 Å².